The van der Waals surface area contributed by atoms with Crippen LogP contribution in [0.4, 0.5) is 4.79 Å². The van der Waals surface area contributed by atoms with Gasteiger partial charge in [0.15, 0.2) is 0 Å². The monoisotopic (exact) mass is 495 g/mol. The van der Waals surface area contributed by atoms with Crippen molar-refractivity contribution in [3.8, 4) is 5.88 Å². The fourth-order valence-electron chi connectivity index (χ4n) is 4.38. The van der Waals surface area contributed by atoms with Gasteiger partial charge in [0.25, 0.3) is 5.91 Å². The van der Waals surface area contributed by atoms with Crippen LogP contribution in [0.1, 0.15) is 31.5 Å². The molecule has 2 aromatic heterocycles. The molecule has 3 amide bonds. The lowest BCUT2D eigenvalue weighted by molar-refractivity contribution is -0.126. The number of likely N-dealkylation sites (tertiary alicyclic amines) is 1. The summed E-state index contributed by atoms with van der Waals surface area (Å²) in [4.78, 5) is 37.9. The normalized spacial score (nSPS) is 23.7. The molecule has 3 N–H and O–H groups in total. The lowest BCUT2D eigenvalue weighted by Crippen LogP contribution is -2.65. The summed E-state index contributed by atoms with van der Waals surface area (Å²) in [6, 6.07) is 2.67. The maximum Gasteiger partial charge on any atom is 0.322 e. The Morgan fingerprint density at radius 2 is 2.09 bits per heavy atom. The molecule has 0 spiro atoms. The number of aryl methyl sites for hydroxylation is 1. The van der Waals surface area contributed by atoms with Gasteiger partial charge in [-0.15, -0.1) is 0 Å². The van der Waals surface area contributed by atoms with E-state index in [0.717, 1.165) is 5.82 Å². The average molecular weight is 496 g/mol. The van der Waals surface area contributed by atoms with E-state index in [-0.39, 0.29) is 12.5 Å². The summed E-state index contributed by atoms with van der Waals surface area (Å²) in [6.45, 7) is 0.750. The molecule has 0 bridgehead atoms. The number of pyridine rings is 1. The molecule has 2 aromatic rings. The van der Waals surface area contributed by atoms with Gasteiger partial charge in [-0.3, -0.25) is 19.2 Å². The first-order valence-electron chi connectivity index (χ1n) is 10.6. The first kappa shape index (κ1) is 23.6. The molecule has 13 heteroatoms. The van der Waals surface area contributed by atoms with Gasteiger partial charge in [0.2, 0.25) is 5.88 Å². The van der Waals surface area contributed by atoms with Crippen molar-refractivity contribution in [1.29, 1.82) is 0 Å². The van der Waals surface area contributed by atoms with Gasteiger partial charge < -0.3 is 19.6 Å². The smallest absolute Gasteiger partial charge is 0.322 e. The van der Waals surface area contributed by atoms with Gasteiger partial charge in [-0.2, -0.15) is 0 Å². The van der Waals surface area contributed by atoms with Crippen molar-refractivity contribution >= 4 is 34.6 Å². The lowest BCUT2D eigenvalue weighted by atomic mass is 9.90. The quantitative estimate of drug-likeness (QED) is 0.345. The van der Waals surface area contributed by atoms with E-state index in [2.05, 4.69) is 25.6 Å². The number of rotatable bonds is 9. The number of carbonyl (C=O) groups is 2. The van der Waals surface area contributed by atoms with Crippen LogP contribution in [0, 0.1) is 0 Å². The molecule has 2 aliphatic rings. The third kappa shape index (κ3) is 5.35. The summed E-state index contributed by atoms with van der Waals surface area (Å²) >= 11 is 3.20. The number of imide groups is 1. The molecule has 178 valence electrons. The number of amides is 3. The standard InChI is InChI=1S/C20H25ClN6O5S/c21-13-3-4-16(24-12-13)32-14-5-10-27(11-6-14)18(33(30)31)20(17(28)25-19(29)26-20)7-1-2-15-22-8-9-23-15/h3-4,8-9,12,14,18H,1-2,5-7,10-11H2,(H,22,23)(H,30,31)(H2,25,26,28,29)/p-1. The number of aromatic nitrogens is 3. The van der Waals surface area contributed by atoms with Crippen LogP contribution in [0.25, 0.3) is 0 Å². The molecule has 3 unspecified atom stereocenters. The molecule has 0 radical (unpaired) electrons. The number of carbonyl (C=O) groups excluding carboxylic acids is 2. The lowest BCUT2D eigenvalue weighted by Gasteiger charge is -2.45. The van der Waals surface area contributed by atoms with Crippen LogP contribution in [-0.2, 0) is 22.3 Å². The highest BCUT2D eigenvalue weighted by molar-refractivity contribution is 7.79. The summed E-state index contributed by atoms with van der Waals surface area (Å²) in [5.74, 6) is 0.534. The van der Waals surface area contributed by atoms with Crippen molar-refractivity contribution in [2.24, 2.45) is 0 Å². The van der Waals surface area contributed by atoms with E-state index in [1.165, 1.54) is 6.20 Å². The van der Waals surface area contributed by atoms with Crippen molar-refractivity contribution < 1.29 is 23.1 Å². The summed E-state index contributed by atoms with van der Waals surface area (Å²) in [5.41, 5.74) is -1.58. The second-order valence-corrected chi connectivity index (χ2v) is 9.45. The molecule has 3 atom stereocenters. The second kappa shape index (κ2) is 10.2. The molecule has 0 aliphatic carbocycles. The number of imidazole rings is 1. The molecule has 2 fully saturated rings. The summed E-state index contributed by atoms with van der Waals surface area (Å²) < 4.78 is 30.7. The molecular formula is C20H24ClN6O5S-. The summed E-state index contributed by atoms with van der Waals surface area (Å²) in [5, 5.41) is 4.12. The number of urea groups is 1. The first-order valence-corrected chi connectivity index (χ1v) is 12.1. The molecular weight excluding hydrogens is 472 g/mol. The maximum absolute atomic E-state index is 12.9. The number of nitrogens with one attached hydrogen (secondary N) is 3. The number of aromatic amines is 1. The Morgan fingerprint density at radius 1 is 1.30 bits per heavy atom. The Hall–Kier alpha value is -2.54. The number of nitrogens with zero attached hydrogens (tertiary/aromatic N) is 3. The van der Waals surface area contributed by atoms with Crippen LogP contribution < -0.4 is 15.4 Å². The Labute approximate surface area is 197 Å². The van der Waals surface area contributed by atoms with Crippen LogP contribution in [0.5, 0.6) is 5.88 Å². The predicted molar refractivity (Wildman–Crippen MR) is 118 cm³/mol. The van der Waals surface area contributed by atoms with Crippen molar-refractivity contribution in [2.75, 3.05) is 13.1 Å². The SMILES string of the molecule is O=C1NC(=O)C(CCCc2ncc[nH]2)(C(N2CCC(Oc3ccc(Cl)cn3)CC2)S(=O)[O-])N1. The highest BCUT2D eigenvalue weighted by Gasteiger charge is 2.54. The topological polar surface area (TPSA) is 152 Å². The van der Waals surface area contributed by atoms with Crippen LogP contribution in [0.2, 0.25) is 5.02 Å². The minimum atomic E-state index is -2.65. The van der Waals surface area contributed by atoms with Gasteiger partial charge in [-0.05, 0) is 42.8 Å². The molecule has 11 nitrogen and oxygen atoms in total. The Kier molecular flexibility index (Phi) is 7.27. The average Bonchev–Trinajstić information content (AvgIpc) is 3.39. The molecule has 4 heterocycles. The molecule has 2 saturated heterocycles. The van der Waals surface area contributed by atoms with E-state index in [4.69, 9.17) is 16.3 Å². The molecule has 33 heavy (non-hydrogen) atoms. The summed E-state index contributed by atoms with van der Waals surface area (Å²) in [7, 11) is 0. The van der Waals surface area contributed by atoms with Crippen molar-refractivity contribution in [2.45, 2.75) is 49.1 Å². The number of ether oxygens (including phenoxy) is 1. The van der Waals surface area contributed by atoms with Crippen LogP contribution >= 0.6 is 11.6 Å². The zero-order chi connectivity index (χ0) is 23.4. The zero-order valence-corrected chi connectivity index (χ0v) is 19.2. The van der Waals surface area contributed by atoms with E-state index in [0.29, 0.717) is 49.7 Å². The summed E-state index contributed by atoms with van der Waals surface area (Å²) in [6.07, 6.45) is 6.85. The third-order valence-corrected chi connectivity index (χ3v) is 7.20. The number of piperidine rings is 1. The van der Waals surface area contributed by atoms with Gasteiger partial charge >= 0.3 is 6.03 Å². The van der Waals surface area contributed by atoms with Crippen molar-refractivity contribution in [3.63, 3.8) is 0 Å². The number of H-pyrrole nitrogens is 1. The predicted octanol–water partition coefficient (Wildman–Crippen LogP) is 1.11. The van der Waals surface area contributed by atoms with Crippen molar-refractivity contribution in [1.82, 2.24) is 30.5 Å². The number of halogens is 1. The Morgan fingerprint density at radius 3 is 2.67 bits per heavy atom. The van der Waals surface area contributed by atoms with E-state index in [1.54, 1.807) is 29.4 Å². The highest BCUT2D eigenvalue weighted by Crippen LogP contribution is 2.31. The van der Waals surface area contributed by atoms with E-state index in [1.807, 2.05) is 0 Å². The fourth-order valence-corrected chi connectivity index (χ4v) is 5.55. The van der Waals surface area contributed by atoms with E-state index < -0.39 is 33.9 Å². The fraction of sp³-hybridized carbons (Fsp3) is 0.500. The minimum Gasteiger partial charge on any atom is -0.771 e. The van der Waals surface area contributed by atoms with Gasteiger partial charge in [0.1, 0.15) is 22.8 Å². The number of hydrogen-bond acceptors (Lipinski definition) is 8. The molecule has 4 rings (SSSR count). The second-order valence-electron chi connectivity index (χ2n) is 8.05. The van der Waals surface area contributed by atoms with Gasteiger partial charge in [-0.1, -0.05) is 11.6 Å². The van der Waals surface area contributed by atoms with Crippen LogP contribution in [-0.4, -0.2) is 70.7 Å². The number of hydrogen-bond donors (Lipinski definition) is 3. The Balaban J connectivity index is 1.45. The first-order chi connectivity index (χ1) is 15.9. The Bertz CT molecular complexity index is 999. The van der Waals surface area contributed by atoms with Gasteiger partial charge in [0, 0.05) is 44.2 Å². The molecule has 2 aliphatic heterocycles. The molecule has 0 saturated carbocycles. The van der Waals surface area contributed by atoms with Crippen LogP contribution in [0.15, 0.2) is 30.7 Å². The largest absolute Gasteiger partial charge is 0.771 e. The van der Waals surface area contributed by atoms with E-state index >= 15 is 0 Å². The van der Waals surface area contributed by atoms with E-state index in [9.17, 15) is 18.4 Å². The third-order valence-electron chi connectivity index (χ3n) is 5.91. The van der Waals surface area contributed by atoms with Gasteiger partial charge in [-0.25, -0.2) is 14.8 Å². The van der Waals surface area contributed by atoms with Crippen LogP contribution in [0.3, 0.4) is 0 Å². The van der Waals surface area contributed by atoms with Gasteiger partial charge in [0.05, 0.1) is 5.02 Å². The highest BCUT2D eigenvalue weighted by atomic mass is 35.5. The molecule has 0 aromatic carbocycles. The van der Waals surface area contributed by atoms with Crippen molar-refractivity contribution in [3.05, 3.63) is 41.6 Å². The minimum absolute atomic E-state index is 0.148. The maximum atomic E-state index is 12.9. The zero-order valence-electron chi connectivity index (χ0n) is 17.7.